The van der Waals surface area contributed by atoms with Crippen LogP contribution in [0, 0.1) is 23.1 Å². The zero-order chi connectivity index (χ0) is 18.7. The molecule has 2 aromatic carbocycles. The lowest BCUT2D eigenvalue weighted by Gasteiger charge is -2.33. The van der Waals surface area contributed by atoms with Gasteiger partial charge in [0.2, 0.25) is 5.91 Å². The molecule has 1 heterocycles. The van der Waals surface area contributed by atoms with E-state index in [-0.39, 0.29) is 28.8 Å². The number of phenols is 1. The maximum Gasteiger partial charge on any atom is 0.227 e. The number of amides is 1. The Bertz CT molecular complexity index is 874. The third kappa shape index (κ3) is 3.73. The molecule has 1 saturated heterocycles. The Kier molecular flexibility index (Phi) is 5.29. The van der Waals surface area contributed by atoms with Gasteiger partial charge in [-0.3, -0.25) is 4.79 Å². The highest BCUT2D eigenvalue weighted by molar-refractivity contribution is 6.31. The minimum absolute atomic E-state index is 0.0271. The van der Waals surface area contributed by atoms with Gasteiger partial charge in [-0.15, -0.1) is 0 Å². The van der Waals surface area contributed by atoms with Crippen molar-refractivity contribution in [3.8, 4) is 11.8 Å². The Labute approximate surface area is 155 Å². The van der Waals surface area contributed by atoms with E-state index in [9.17, 15) is 14.3 Å². The third-order valence-corrected chi connectivity index (χ3v) is 4.76. The van der Waals surface area contributed by atoms with Crippen molar-refractivity contribution >= 4 is 28.9 Å². The van der Waals surface area contributed by atoms with E-state index in [1.165, 1.54) is 24.3 Å². The first-order chi connectivity index (χ1) is 12.5. The van der Waals surface area contributed by atoms with E-state index in [0.717, 1.165) is 0 Å². The first kappa shape index (κ1) is 18.0. The standard InChI is InChI=1S/C19H17ClFN3O2/c20-13-4-5-18(25)16(10-13)23-19(26)12-6-8-24(9-7-12)17-3-1-2-15(21)14(17)11-22/h1-5,10,12,25H,6-9H2,(H,23,26). The monoisotopic (exact) mass is 373 g/mol. The summed E-state index contributed by atoms with van der Waals surface area (Å²) in [6, 6.07) is 10.9. The number of halogens is 2. The summed E-state index contributed by atoms with van der Waals surface area (Å²) in [4.78, 5) is 14.4. The molecule has 0 atom stereocenters. The van der Waals surface area contributed by atoms with E-state index in [1.807, 2.05) is 11.0 Å². The summed E-state index contributed by atoms with van der Waals surface area (Å²) in [5.41, 5.74) is 0.861. The third-order valence-electron chi connectivity index (χ3n) is 4.53. The minimum atomic E-state index is -0.540. The Balaban J connectivity index is 1.65. The van der Waals surface area contributed by atoms with E-state index < -0.39 is 5.82 Å². The zero-order valence-corrected chi connectivity index (χ0v) is 14.6. The second kappa shape index (κ2) is 7.63. The van der Waals surface area contributed by atoms with Gasteiger partial charge in [-0.2, -0.15) is 5.26 Å². The van der Waals surface area contributed by atoms with Crippen LogP contribution >= 0.6 is 11.6 Å². The van der Waals surface area contributed by atoms with Crippen LogP contribution in [-0.2, 0) is 4.79 Å². The Hall–Kier alpha value is -2.78. The maximum absolute atomic E-state index is 13.8. The summed E-state index contributed by atoms with van der Waals surface area (Å²) < 4.78 is 13.8. The minimum Gasteiger partial charge on any atom is -0.506 e. The molecule has 0 aliphatic carbocycles. The Morgan fingerprint density at radius 3 is 2.73 bits per heavy atom. The molecule has 2 aromatic rings. The number of aromatic hydroxyl groups is 1. The molecular formula is C19H17ClFN3O2. The van der Waals surface area contributed by atoms with Crippen LogP contribution in [0.25, 0.3) is 0 Å². The molecule has 5 nitrogen and oxygen atoms in total. The molecule has 3 rings (SSSR count). The summed E-state index contributed by atoms with van der Waals surface area (Å²) >= 11 is 5.89. The highest BCUT2D eigenvalue weighted by atomic mass is 35.5. The van der Waals surface area contributed by atoms with Crippen LogP contribution in [0.2, 0.25) is 5.02 Å². The SMILES string of the molecule is N#Cc1c(F)cccc1N1CCC(C(=O)Nc2cc(Cl)ccc2O)CC1. The van der Waals surface area contributed by atoms with Gasteiger partial charge in [0.25, 0.3) is 0 Å². The molecule has 0 radical (unpaired) electrons. The number of hydrogen-bond donors (Lipinski definition) is 2. The molecule has 7 heteroatoms. The van der Waals surface area contributed by atoms with Gasteiger partial charge >= 0.3 is 0 Å². The van der Waals surface area contributed by atoms with Gasteiger partial charge in [0.05, 0.1) is 11.4 Å². The van der Waals surface area contributed by atoms with Crippen molar-refractivity contribution in [3.63, 3.8) is 0 Å². The van der Waals surface area contributed by atoms with E-state index >= 15 is 0 Å². The largest absolute Gasteiger partial charge is 0.506 e. The number of benzene rings is 2. The molecule has 0 saturated carbocycles. The van der Waals surface area contributed by atoms with Gasteiger partial charge in [-0.25, -0.2) is 4.39 Å². The molecule has 134 valence electrons. The van der Waals surface area contributed by atoms with Crippen molar-refractivity contribution in [2.45, 2.75) is 12.8 Å². The molecule has 1 amide bonds. The topological polar surface area (TPSA) is 76.4 Å². The fourth-order valence-electron chi connectivity index (χ4n) is 3.11. The van der Waals surface area contributed by atoms with Gasteiger partial charge in [0, 0.05) is 24.0 Å². The van der Waals surface area contributed by atoms with E-state index in [4.69, 9.17) is 16.9 Å². The predicted octanol–water partition coefficient (Wildman–Crippen LogP) is 3.91. The molecule has 2 N–H and O–H groups in total. The summed E-state index contributed by atoms with van der Waals surface area (Å²) in [7, 11) is 0. The number of rotatable bonds is 3. The van der Waals surface area contributed by atoms with E-state index in [0.29, 0.717) is 36.6 Å². The van der Waals surface area contributed by atoms with Crippen LogP contribution in [0.1, 0.15) is 18.4 Å². The molecule has 1 fully saturated rings. The van der Waals surface area contributed by atoms with Gasteiger partial charge in [0.15, 0.2) is 0 Å². The molecular weight excluding hydrogens is 357 g/mol. The number of carbonyl (C=O) groups is 1. The summed E-state index contributed by atoms with van der Waals surface area (Å²) in [5.74, 6) is -1.01. The lowest BCUT2D eigenvalue weighted by Crippen LogP contribution is -2.38. The van der Waals surface area contributed by atoms with Gasteiger partial charge < -0.3 is 15.3 Å². The lowest BCUT2D eigenvalue weighted by molar-refractivity contribution is -0.120. The fraction of sp³-hybridized carbons (Fsp3) is 0.263. The average Bonchev–Trinajstić information content (AvgIpc) is 2.64. The average molecular weight is 374 g/mol. The van der Waals surface area contributed by atoms with Crippen LogP contribution < -0.4 is 10.2 Å². The van der Waals surface area contributed by atoms with Gasteiger partial charge in [-0.1, -0.05) is 17.7 Å². The predicted molar refractivity (Wildman–Crippen MR) is 97.8 cm³/mol. The number of nitrogens with one attached hydrogen (secondary N) is 1. The van der Waals surface area contributed by atoms with E-state index in [1.54, 1.807) is 12.1 Å². The number of phenolic OH excluding ortho intramolecular Hbond substituents is 1. The van der Waals surface area contributed by atoms with Crippen LogP contribution in [0.15, 0.2) is 36.4 Å². The highest BCUT2D eigenvalue weighted by Gasteiger charge is 2.27. The quantitative estimate of drug-likeness (QED) is 0.800. The number of carbonyl (C=O) groups excluding carboxylic acids is 1. The van der Waals surface area contributed by atoms with Crippen LogP contribution in [-0.4, -0.2) is 24.1 Å². The Morgan fingerprint density at radius 1 is 1.31 bits per heavy atom. The van der Waals surface area contributed by atoms with Crippen LogP contribution in [0.3, 0.4) is 0 Å². The van der Waals surface area contributed by atoms with E-state index in [2.05, 4.69) is 5.32 Å². The highest BCUT2D eigenvalue weighted by Crippen LogP contribution is 2.30. The van der Waals surface area contributed by atoms with Crippen molar-refractivity contribution in [2.75, 3.05) is 23.3 Å². The smallest absolute Gasteiger partial charge is 0.227 e. The fourth-order valence-corrected chi connectivity index (χ4v) is 3.28. The number of piperidine rings is 1. The zero-order valence-electron chi connectivity index (χ0n) is 13.9. The molecule has 0 aromatic heterocycles. The first-order valence-electron chi connectivity index (χ1n) is 8.22. The second-order valence-electron chi connectivity index (χ2n) is 6.16. The molecule has 1 aliphatic heterocycles. The number of hydrogen-bond acceptors (Lipinski definition) is 4. The van der Waals surface area contributed by atoms with Gasteiger partial charge in [-0.05, 0) is 43.2 Å². The number of nitriles is 1. The maximum atomic E-state index is 13.8. The lowest BCUT2D eigenvalue weighted by atomic mass is 9.95. The van der Waals surface area contributed by atoms with Crippen molar-refractivity contribution in [2.24, 2.45) is 5.92 Å². The summed E-state index contributed by atoms with van der Waals surface area (Å²) in [5, 5.41) is 22.1. The number of nitrogens with zero attached hydrogens (tertiary/aromatic N) is 2. The van der Waals surface area contributed by atoms with Gasteiger partial charge in [0.1, 0.15) is 23.2 Å². The normalized spacial score (nSPS) is 14.7. The first-order valence-corrected chi connectivity index (χ1v) is 8.60. The summed E-state index contributed by atoms with van der Waals surface area (Å²) in [6.07, 6.45) is 1.13. The second-order valence-corrected chi connectivity index (χ2v) is 6.59. The van der Waals surface area contributed by atoms with Crippen molar-refractivity contribution in [3.05, 3.63) is 52.8 Å². The molecule has 26 heavy (non-hydrogen) atoms. The number of anilines is 2. The van der Waals surface area contributed by atoms with Crippen molar-refractivity contribution < 1.29 is 14.3 Å². The molecule has 1 aliphatic rings. The van der Waals surface area contributed by atoms with Crippen molar-refractivity contribution in [1.29, 1.82) is 5.26 Å². The summed E-state index contributed by atoms with van der Waals surface area (Å²) in [6.45, 7) is 1.08. The molecule has 0 unspecified atom stereocenters. The molecule has 0 spiro atoms. The van der Waals surface area contributed by atoms with Crippen LogP contribution in [0.4, 0.5) is 15.8 Å². The Morgan fingerprint density at radius 2 is 2.04 bits per heavy atom. The van der Waals surface area contributed by atoms with Crippen molar-refractivity contribution in [1.82, 2.24) is 0 Å². The molecule has 0 bridgehead atoms. The van der Waals surface area contributed by atoms with Crippen LogP contribution in [0.5, 0.6) is 5.75 Å².